The largest absolute Gasteiger partial charge is 0.497 e. The summed E-state index contributed by atoms with van der Waals surface area (Å²) in [7, 11) is 3.09. The molecule has 3 N–H and O–H groups in total. The van der Waals surface area contributed by atoms with Gasteiger partial charge in [0.05, 0.1) is 33.0 Å². The van der Waals surface area contributed by atoms with Crippen molar-refractivity contribution in [1.82, 2.24) is 10.6 Å². The lowest BCUT2D eigenvalue weighted by Crippen LogP contribution is -2.55. The first kappa shape index (κ1) is 20.5. The van der Waals surface area contributed by atoms with Crippen molar-refractivity contribution in [2.75, 3.05) is 33.9 Å². The molecule has 1 amide bonds. The Balaban J connectivity index is 0.00000288. The van der Waals surface area contributed by atoms with E-state index in [4.69, 9.17) is 14.2 Å². The molecule has 7 nitrogen and oxygen atoms in total. The molecule has 1 aromatic carbocycles. The van der Waals surface area contributed by atoms with Crippen LogP contribution in [0.5, 0.6) is 11.5 Å². The summed E-state index contributed by atoms with van der Waals surface area (Å²) in [5, 5.41) is 16.1. The first-order chi connectivity index (χ1) is 11.0. The molecule has 0 aliphatic carbocycles. The number of hydrogen-bond donors (Lipinski definition) is 3. The Bertz CT molecular complexity index is 521. The lowest BCUT2D eigenvalue weighted by Gasteiger charge is -2.29. The van der Waals surface area contributed by atoms with Crippen LogP contribution in [0.25, 0.3) is 0 Å². The third-order valence-corrected chi connectivity index (χ3v) is 3.83. The van der Waals surface area contributed by atoms with Gasteiger partial charge in [-0.3, -0.25) is 4.79 Å². The summed E-state index contributed by atoms with van der Waals surface area (Å²) in [6.45, 7) is 3.18. The Labute approximate surface area is 148 Å². The highest BCUT2D eigenvalue weighted by Crippen LogP contribution is 2.26. The Morgan fingerprint density at radius 3 is 2.54 bits per heavy atom. The molecule has 24 heavy (non-hydrogen) atoms. The minimum atomic E-state index is -0.859. The van der Waals surface area contributed by atoms with Gasteiger partial charge >= 0.3 is 0 Å². The van der Waals surface area contributed by atoms with Crippen LogP contribution in [0.15, 0.2) is 18.2 Å². The molecule has 1 saturated heterocycles. The van der Waals surface area contributed by atoms with Crippen molar-refractivity contribution >= 4 is 18.3 Å². The number of hydrogen-bond acceptors (Lipinski definition) is 6. The molecule has 1 heterocycles. The molecule has 1 aliphatic rings. The second-order valence-corrected chi connectivity index (χ2v) is 5.41. The zero-order valence-electron chi connectivity index (χ0n) is 14.1. The number of aliphatic hydroxyl groups is 1. The number of halogens is 1. The molecule has 1 aromatic rings. The van der Waals surface area contributed by atoms with Crippen LogP contribution in [0.1, 0.15) is 18.6 Å². The van der Waals surface area contributed by atoms with Crippen LogP contribution in [-0.2, 0) is 9.53 Å². The van der Waals surface area contributed by atoms with Gasteiger partial charge in [0.1, 0.15) is 17.5 Å². The molecule has 2 rings (SSSR count). The van der Waals surface area contributed by atoms with Crippen molar-refractivity contribution in [2.45, 2.75) is 25.2 Å². The number of methoxy groups -OCH3 is 2. The molecule has 136 valence electrons. The number of benzene rings is 1. The van der Waals surface area contributed by atoms with Gasteiger partial charge in [-0.1, -0.05) is 0 Å². The summed E-state index contributed by atoms with van der Waals surface area (Å²) in [6, 6.07) is 4.74. The van der Waals surface area contributed by atoms with E-state index in [1.165, 1.54) is 0 Å². The second-order valence-electron chi connectivity index (χ2n) is 5.41. The molecule has 0 radical (unpaired) electrons. The monoisotopic (exact) mass is 360 g/mol. The summed E-state index contributed by atoms with van der Waals surface area (Å²) in [4.78, 5) is 12.2. The highest BCUT2D eigenvalue weighted by molar-refractivity contribution is 5.85. The second kappa shape index (κ2) is 9.68. The predicted molar refractivity (Wildman–Crippen MR) is 92.0 cm³/mol. The van der Waals surface area contributed by atoms with Crippen LogP contribution in [0.3, 0.4) is 0 Å². The topological polar surface area (TPSA) is 89.0 Å². The van der Waals surface area contributed by atoms with Crippen LogP contribution in [-0.4, -0.2) is 57.1 Å². The van der Waals surface area contributed by atoms with E-state index in [-0.39, 0.29) is 31.0 Å². The Hall–Kier alpha value is -1.54. The highest BCUT2D eigenvalue weighted by atomic mass is 35.5. The average Bonchev–Trinajstić information content (AvgIpc) is 2.59. The number of carbonyl (C=O) groups excluding carboxylic acids is 1. The molecular weight excluding hydrogens is 336 g/mol. The normalized spacial score (nSPS) is 21.3. The number of carbonyl (C=O) groups is 1. The summed E-state index contributed by atoms with van der Waals surface area (Å²) in [5.41, 5.74) is 0.613. The smallest absolute Gasteiger partial charge is 0.239 e. The molecular formula is C16H25ClN2O5. The fourth-order valence-corrected chi connectivity index (χ4v) is 2.47. The number of nitrogens with one attached hydrogen (secondary N) is 2. The van der Waals surface area contributed by atoms with Gasteiger partial charge < -0.3 is 30.0 Å². The fourth-order valence-electron chi connectivity index (χ4n) is 2.47. The van der Waals surface area contributed by atoms with Gasteiger partial charge in [-0.05, 0) is 24.6 Å². The van der Waals surface area contributed by atoms with E-state index in [0.29, 0.717) is 30.2 Å². The lowest BCUT2D eigenvalue weighted by atomic mass is 10.1. The van der Waals surface area contributed by atoms with Crippen molar-refractivity contribution in [3.05, 3.63) is 23.8 Å². The molecule has 1 aliphatic heterocycles. The Morgan fingerprint density at radius 2 is 2.00 bits per heavy atom. The van der Waals surface area contributed by atoms with Gasteiger partial charge in [0, 0.05) is 19.2 Å². The molecule has 3 atom stereocenters. The maximum absolute atomic E-state index is 12.2. The number of rotatable bonds is 6. The number of morpholine rings is 1. The zero-order chi connectivity index (χ0) is 16.8. The van der Waals surface area contributed by atoms with Gasteiger partial charge in [-0.15, -0.1) is 12.4 Å². The third kappa shape index (κ3) is 5.24. The molecule has 8 heteroatoms. The molecule has 1 fully saturated rings. The van der Waals surface area contributed by atoms with Gasteiger partial charge in [0.25, 0.3) is 0 Å². The van der Waals surface area contributed by atoms with E-state index in [9.17, 15) is 9.90 Å². The molecule has 0 aromatic heterocycles. The van der Waals surface area contributed by atoms with Gasteiger partial charge in [0.15, 0.2) is 0 Å². The van der Waals surface area contributed by atoms with Crippen molar-refractivity contribution in [1.29, 1.82) is 0 Å². The Kier molecular flexibility index (Phi) is 8.27. The number of ether oxygens (including phenoxy) is 3. The van der Waals surface area contributed by atoms with Crippen LogP contribution < -0.4 is 20.1 Å². The highest BCUT2D eigenvalue weighted by Gasteiger charge is 2.28. The lowest BCUT2D eigenvalue weighted by molar-refractivity contribution is -0.129. The van der Waals surface area contributed by atoms with E-state index in [0.717, 1.165) is 0 Å². The van der Waals surface area contributed by atoms with Crippen molar-refractivity contribution in [3.8, 4) is 11.5 Å². The summed E-state index contributed by atoms with van der Waals surface area (Å²) >= 11 is 0. The van der Waals surface area contributed by atoms with Crippen LogP contribution in [0, 0.1) is 0 Å². The van der Waals surface area contributed by atoms with E-state index < -0.39 is 12.1 Å². The van der Waals surface area contributed by atoms with Crippen LogP contribution in [0.4, 0.5) is 0 Å². The first-order valence-electron chi connectivity index (χ1n) is 7.59. The molecule has 0 bridgehead atoms. The summed E-state index contributed by atoms with van der Waals surface area (Å²) < 4.78 is 15.8. The van der Waals surface area contributed by atoms with Crippen molar-refractivity contribution < 1.29 is 24.1 Å². The van der Waals surface area contributed by atoms with Crippen LogP contribution >= 0.6 is 12.4 Å². The minimum Gasteiger partial charge on any atom is -0.497 e. The molecule has 0 saturated carbocycles. The fraction of sp³-hybridized carbons (Fsp3) is 0.562. The summed E-state index contributed by atoms with van der Waals surface area (Å²) in [5.74, 6) is 0.979. The quantitative estimate of drug-likeness (QED) is 0.690. The van der Waals surface area contributed by atoms with Gasteiger partial charge in [0.2, 0.25) is 5.91 Å². The third-order valence-electron chi connectivity index (χ3n) is 3.83. The summed E-state index contributed by atoms with van der Waals surface area (Å²) in [6.07, 6.45) is -1.06. The predicted octanol–water partition coefficient (Wildman–Crippen LogP) is 0.652. The van der Waals surface area contributed by atoms with Gasteiger partial charge in [-0.2, -0.15) is 0 Å². The van der Waals surface area contributed by atoms with Crippen LogP contribution in [0.2, 0.25) is 0 Å². The van der Waals surface area contributed by atoms with E-state index in [1.54, 1.807) is 32.4 Å². The number of aliphatic hydroxyl groups excluding tert-OH is 1. The molecule has 0 spiro atoms. The average molecular weight is 361 g/mol. The molecule has 1 unspecified atom stereocenters. The number of amides is 1. The van der Waals surface area contributed by atoms with E-state index in [2.05, 4.69) is 10.6 Å². The SMILES string of the molecule is COc1cc(OC)cc(C(O)CNC(=O)[C@H]2NCCO[C@@H]2C)c1.Cl. The minimum absolute atomic E-state index is 0. The zero-order valence-corrected chi connectivity index (χ0v) is 14.9. The standard InChI is InChI=1S/C16H24N2O5.ClH/c1-10-15(17-4-5-23-10)16(20)18-9-14(19)11-6-12(21-2)8-13(7-11)22-3;/h6-8,10,14-15,17,19H,4-5,9H2,1-3H3,(H,18,20);1H/t10-,14?,15+;/m1./s1. The van der Waals surface area contributed by atoms with Crippen molar-refractivity contribution in [2.24, 2.45) is 0 Å². The maximum atomic E-state index is 12.2. The van der Waals surface area contributed by atoms with E-state index in [1.807, 2.05) is 6.92 Å². The van der Waals surface area contributed by atoms with Gasteiger partial charge in [-0.25, -0.2) is 0 Å². The van der Waals surface area contributed by atoms with Crippen molar-refractivity contribution in [3.63, 3.8) is 0 Å². The van der Waals surface area contributed by atoms with E-state index >= 15 is 0 Å². The first-order valence-corrected chi connectivity index (χ1v) is 7.59. The maximum Gasteiger partial charge on any atom is 0.239 e. The Morgan fingerprint density at radius 1 is 1.38 bits per heavy atom.